The van der Waals surface area contributed by atoms with Crippen molar-refractivity contribution in [1.82, 2.24) is 5.32 Å². The van der Waals surface area contributed by atoms with Crippen molar-refractivity contribution in [2.24, 2.45) is 0 Å². The average Bonchev–Trinajstić information content (AvgIpc) is 2.94. The maximum absolute atomic E-state index is 13.7. The first-order valence-electron chi connectivity index (χ1n) is 12.4. The molecular weight excluding hydrogens is 569 g/mol. The molecule has 0 saturated carbocycles. The van der Waals surface area contributed by atoms with E-state index in [-0.39, 0.29) is 37.9 Å². The van der Waals surface area contributed by atoms with E-state index in [0.717, 1.165) is 15.4 Å². The van der Waals surface area contributed by atoms with Gasteiger partial charge in [0.05, 0.1) is 32.9 Å². The molecule has 206 valence electrons. The molecule has 4 aromatic rings. The van der Waals surface area contributed by atoms with Crippen LogP contribution in [0.3, 0.4) is 0 Å². The van der Waals surface area contributed by atoms with Crippen LogP contribution in [-0.4, -0.2) is 26.8 Å². The number of nitrogens with one attached hydrogen (secondary N) is 2. The lowest BCUT2D eigenvalue weighted by Crippen LogP contribution is -2.38. The third-order valence-electron chi connectivity index (χ3n) is 6.17. The Kier molecular flexibility index (Phi) is 9.14. The molecule has 2 N–H and O–H groups in total. The Balaban J connectivity index is 1.61. The van der Waals surface area contributed by atoms with Gasteiger partial charge in [-0.3, -0.25) is 13.9 Å². The minimum atomic E-state index is -4.22. The van der Waals surface area contributed by atoms with Crippen LogP contribution in [0.2, 0.25) is 10.0 Å². The summed E-state index contributed by atoms with van der Waals surface area (Å²) >= 11 is 12.5. The van der Waals surface area contributed by atoms with Crippen molar-refractivity contribution in [3.63, 3.8) is 0 Å². The number of aryl methyl sites for hydroxylation is 1. The molecule has 0 saturated heterocycles. The van der Waals surface area contributed by atoms with Gasteiger partial charge in [0.1, 0.15) is 6.54 Å². The van der Waals surface area contributed by atoms with Crippen LogP contribution >= 0.6 is 23.2 Å². The van der Waals surface area contributed by atoms with Crippen molar-refractivity contribution in [1.29, 1.82) is 0 Å². The van der Waals surface area contributed by atoms with E-state index < -0.39 is 28.4 Å². The molecule has 0 aromatic heterocycles. The van der Waals surface area contributed by atoms with Gasteiger partial charge in [0.15, 0.2) is 0 Å². The third kappa shape index (κ3) is 6.83. The van der Waals surface area contributed by atoms with E-state index in [1.807, 2.05) is 44.2 Å². The summed E-state index contributed by atoms with van der Waals surface area (Å²) in [4.78, 5) is 26.4. The lowest BCUT2D eigenvalue weighted by Gasteiger charge is -2.25. The number of sulfonamides is 1. The van der Waals surface area contributed by atoms with Gasteiger partial charge < -0.3 is 10.6 Å². The largest absolute Gasteiger partial charge is 0.345 e. The quantitative estimate of drug-likeness (QED) is 0.227. The van der Waals surface area contributed by atoms with E-state index in [2.05, 4.69) is 10.6 Å². The fraction of sp³-hybridized carbons (Fsp3) is 0.133. The Labute approximate surface area is 243 Å². The summed E-state index contributed by atoms with van der Waals surface area (Å²) in [5.41, 5.74) is 2.31. The molecule has 4 aromatic carbocycles. The second-order valence-electron chi connectivity index (χ2n) is 9.12. The van der Waals surface area contributed by atoms with Gasteiger partial charge in [0.2, 0.25) is 5.91 Å². The van der Waals surface area contributed by atoms with Gasteiger partial charge in [-0.25, -0.2) is 8.42 Å². The monoisotopic (exact) mass is 595 g/mol. The zero-order valence-corrected chi connectivity index (χ0v) is 24.1. The van der Waals surface area contributed by atoms with Gasteiger partial charge >= 0.3 is 0 Å². The summed E-state index contributed by atoms with van der Waals surface area (Å²) in [5.74, 6) is -1.07. The van der Waals surface area contributed by atoms with Crippen LogP contribution in [0.15, 0.2) is 102 Å². The highest BCUT2D eigenvalue weighted by molar-refractivity contribution is 7.92. The molecule has 2 amide bonds. The molecule has 1 atom stereocenters. The molecule has 10 heteroatoms. The number of nitrogens with zero attached hydrogens (tertiary/aromatic N) is 1. The second kappa shape index (κ2) is 12.6. The summed E-state index contributed by atoms with van der Waals surface area (Å²) in [6.45, 7) is 3.08. The Morgan fingerprint density at radius 2 is 1.52 bits per heavy atom. The molecule has 0 fully saturated rings. The summed E-state index contributed by atoms with van der Waals surface area (Å²) in [6.07, 6.45) is 0. The first-order chi connectivity index (χ1) is 19.1. The van der Waals surface area contributed by atoms with E-state index >= 15 is 0 Å². The molecule has 1 unspecified atom stereocenters. The Morgan fingerprint density at radius 3 is 2.23 bits per heavy atom. The summed E-state index contributed by atoms with van der Waals surface area (Å²) < 4.78 is 28.3. The standard InChI is InChI=1S/C30H27Cl2N3O4S/c1-20-12-15-24(16-13-20)40(38,39)35(28-18-23(31)14-17-26(28)32)19-29(36)34-27-11-7-6-10-25(27)30(37)33-21(2)22-8-4-3-5-9-22/h3-18,21H,19H2,1-2H3,(H,33,37)(H,34,36). The van der Waals surface area contributed by atoms with Crippen molar-refractivity contribution in [2.75, 3.05) is 16.2 Å². The van der Waals surface area contributed by atoms with E-state index in [1.165, 1.54) is 30.3 Å². The fourth-order valence-electron chi connectivity index (χ4n) is 4.02. The van der Waals surface area contributed by atoms with Crippen LogP contribution in [0, 0.1) is 6.92 Å². The molecular formula is C30H27Cl2N3O4S. The van der Waals surface area contributed by atoms with E-state index in [4.69, 9.17) is 23.2 Å². The van der Waals surface area contributed by atoms with Crippen LogP contribution in [0.1, 0.15) is 34.5 Å². The maximum atomic E-state index is 13.7. The van der Waals surface area contributed by atoms with Crippen molar-refractivity contribution in [2.45, 2.75) is 24.8 Å². The molecule has 0 bridgehead atoms. The van der Waals surface area contributed by atoms with Crippen LogP contribution in [-0.2, 0) is 14.8 Å². The van der Waals surface area contributed by atoms with E-state index in [1.54, 1.807) is 36.4 Å². The maximum Gasteiger partial charge on any atom is 0.264 e. The van der Waals surface area contributed by atoms with Crippen molar-refractivity contribution < 1.29 is 18.0 Å². The second-order valence-corrected chi connectivity index (χ2v) is 11.8. The van der Waals surface area contributed by atoms with Crippen LogP contribution < -0.4 is 14.9 Å². The summed E-state index contributed by atoms with van der Waals surface area (Å²) in [6, 6.07) is 26.3. The number of carbonyl (C=O) groups excluding carboxylic acids is 2. The van der Waals surface area contributed by atoms with Gasteiger partial charge in [0.25, 0.3) is 15.9 Å². The highest BCUT2D eigenvalue weighted by atomic mass is 35.5. The number of para-hydroxylation sites is 1. The van der Waals surface area contributed by atoms with Gasteiger partial charge in [-0.05, 0) is 61.9 Å². The molecule has 4 rings (SSSR count). The number of benzene rings is 4. The average molecular weight is 597 g/mol. The molecule has 0 radical (unpaired) electrons. The molecule has 0 aliphatic rings. The minimum Gasteiger partial charge on any atom is -0.345 e. The third-order valence-corrected chi connectivity index (χ3v) is 8.49. The Morgan fingerprint density at radius 1 is 0.875 bits per heavy atom. The number of halogens is 2. The minimum absolute atomic E-state index is 0.0170. The number of carbonyl (C=O) groups is 2. The van der Waals surface area contributed by atoms with Gasteiger partial charge in [-0.15, -0.1) is 0 Å². The highest BCUT2D eigenvalue weighted by Crippen LogP contribution is 2.33. The molecule has 0 aliphatic carbocycles. The van der Waals surface area contributed by atoms with E-state index in [9.17, 15) is 18.0 Å². The van der Waals surface area contributed by atoms with Crippen molar-refractivity contribution in [3.05, 3.63) is 124 Å². The van der Waals surface area contributed by atoms with Gasteiger partial charge in [-0.1, -0.05) is 83.4 Å². The first kappa shape index (κ1) is 29.1. The molecule has 0 heterocycles. The topological polar surface area (TPSA) is 95.6 Å². The predicted molar refractivity (Wildman–Crippen MR) is 160 cm³/mol. The van der Waals surface area contributed by atoms with Crippen LogP contribution in [0.4, 0.5) is 11.4 Å². The first-order valence-corrected chi connectivity index (χ1v) is 14.5. The number of hydrogen-bond donors (Lipinski definition) is 2. The molecule has 40 heavy (non-hydrogen) atoms. The van der Waals surface area contributed by atoms with Crippen LogP contribution in [0.25, 0.3) is 0 Å². The molecule has 0 spiro atoms. The Hall–Kier alpha value is -3.85. The smallest absolute Gasteiger partial charge is 0.264 e. The Bertz CT molecular complexity index is 1630. The number of hydrogen-bond acceptors (Lipinski definition) is 4. The lowest BCUT2D eigenvalue weighted by molar-refractivity contribution is -0.114. The van der Waals surface area contributed by atoms with Crippen molar-refractivity contribution >= 4 is 56.4 Å². The molecule has 7 nitrogen and oxygen atoms in total. The van der Waals surface area contributed by atoms with Crippen LogP contribution in [0.5, 0.6) is 0 Å². The van der Waals surface area contributed by atoms with Crippen molar-refractivity contribution in [3.8, 4) is 0 Å². The van der Waals surface area contributed by atoms with Gasteiger partial charge in [0, 0.05) is 5.02 Å². The number of anilines is 2. The number of amides is 2. The fourth-order valence-corrected chi connectivity index (χ4v) is 5.89. The lowest BCUT2D eigenvalue weighted by atomic mass is 10.1. The highest BCUT2D eigenvalue weighted by Gasteiger charge is 2.29. The summed E-state index contributed by atoms with van der Waals surface area (Å²) in [5, 5.41) is 5.97. The zero-order valence-electron chi connectivity index (χ0n) is 21.8. The zero-order chi connectivity index (χ0) is 28.9. The van der Waals surface area contributed by atoms with E-state index in [0.29, 0.717) is 0 Å². The summed E-state index contributed by atoms with van der Waals surface area (Å²) in [7, 11) is -4.22. The normalized spacial score (nSPS) is 11.9. The van der Waals surface area contributed by atoms with Gasteiger partial charge in [-0.2, -0.15) is 0 Å². The predicted octanol–water partition coefficient (Wildman–Crippen LogP) is 6.63. The molecule has 0 aliphatic heterocycles. The SMILES string of the molecule is Cc1ccc(S(=O)(=O)N(CC(=O)Nc2ccccc2C(=O)NC(C)c2ccccc2)c2cc(Cl)ccc2Cl)cc1. The number of rotatable bonds is 9.